The van der Waals surface area contributed by atoms with Crippen molar-refractivity contribution in [2.75, 3.05) is 19.0 Å². The Labute approximate surface area is 114 Å². The zero-order chi connectivity index (χ0) is 14.4. The fourth-order valence-corrected chi connectivity index (χ4v) is 2.00. The molecule has 0 amide bonds. The van der Waals surface area contributed by atoms with Crippen molar-refractivity contribution >= 4 is 11.7 Å². The number of aryl methyl sites for hydroxylation is 1. The Morgan fingerprint density at radius 1 is 1.42 bits per heavy atom. The second-order valence-electron chi connectivity index (χ2n) is 4.95. The van der Waals surface area contributed by atoms with Crippen molar-refractivity contribution in [2.24, 2.45) is 11.8 Å². The fourth-order valence-electron chi connectivity index (χ4n) is 2.00. The molecular formula is C15H23NO3. The van der Waals surface area contributed by atoms with Crippen molar-refractivity contribution in [3.8, 4) is 5.75 Å². The van der Waals surface area contributed by atoms with Crippen LogP contribution < -0.4 is 10.1 Å². The van der Waals surface area contributed by atoms with E-state index in [0.29, 0.717) is 6.54 Å². The monoisotopic (exact) mass is 265 g/mol. The predicted octanol–water partition coefficient (Wildman–Crippen LogP) is 3.03. The first-order valence-corrected chi connectivity index (χ1v) is 6.63. The molecule has 1 aromatic carbocycles. The lowest BCUT2D eigenvalue weighted by molar-refractivity contribution is -0.142. The van der Waals surface area contributed by atoms with Crippen molar-refractivity contribution in [2.45, 2.75) is 27.2 Å². The summed E-state index contributed by atoms with van der Waals surface area (Å²) in [4.78, 5) is 11.1. The summed E-state index contributed by atoms with van der Waals surface area (Å²) in [6, 6.07) is 5.83. The van der Waals surface area contributed by atoms with E-state index < -0.39 is 5.97 Å². The average molecular weight is 265 g/mol. The van der Waals surface area contributed by atoms with Crippen molar-refractivity contribution in [3.05, 3.63) is 23.8 Å². The van der Waals surface area contributed by atoms with Crippen LogP contribution in [0.25, 0.3) is 0 Å². The Balaban J connectivity index is 2.74. The van der Waals surface area contributed by atoms with Gasteiger partial charge in [0.15, 0.2) is 0 Å². The highest BCUT2D eigenvalue weighted by Crippen LogP contribution is 2.23. The molecule has 106 valence electrons. The number of anilines is 1. The predicted molar refractivity (Wildman–Crippen MR) is 76.8 cm³/mol. The average Bonchev–Trinajstić information content (AvgIpc) is 2.37. The molecule has 0 aliphatic carbocycles. The molecule has 0 fully saturated rings. The van der Waals surface area contributed by atoms with E-state index in [2.05, 4.69) is 12.2 Å². The summed E-state index contributed by atoms with van der Waals surface area (Å²) in [6.07, 6.45) is 0.880. The molecule has 1 aromatic rings. The van der Waals surface area contributed by atoms with Crippen LogP contribution in [0.1, 0.15) is 26.3 Å². The van der Waals surface area contributed by atoms with E-state index in [0.717, 1.165) is 23.4 Å². The minimum atomic E-state index is -0.758. The van der Waals surface area contributed by atoms with Gasteiger partial charge in [0.05, 0.1) is 13.0 Å². The lowest BCUT2D eigenvalue weighted by Gasteiger charge is -2.18. The van der Waals surface area contributed by atoms with Crippen LogP contribution in [0.5, 0.6) is 5.75 Å². The van der Waals surface area contributed by atoms with Crippen LogP contribution in [0.4, 0.5) is 5.69 Å². The smallest absolute Gasteiger partial charge is 0.308 e. The van der Waals surface area contributed by atoms with Gasteiger partial charge in [-0.25, -0.2) is 0 Å². The highest BCUT2D eigenvalue weighted by molar-refractivity contribution is 5.71. The molecular weight excluding hydrogens is 242 g/mol. The zero-order valence-corrected chi connectivity index (χ0v) is 12.1. The summed E-state index contributed by atoms with van der Waals surface area (Å²) in [7, 11) is 1.65. The topological polar surface area (TPSA) is 58.6 Å². The van der Waals surface area contributed by atoms with E-state index in [-0.39, 0.29) is 11.8 Å². The number of aliphatic carboxylic acids is 1. The minimum absolute atomic E-state index is 0.105. The summed E-state index contributed by atoms with van der Waals surface area (Å²) in [6.45, 7) is 6.34. The first-order chi connectivity index (χ1) is 8.99. The van der Waals surface area contributed by atoms with Gasteiger partial charge in [-0.3, -0.25) is 4.79 Å². The van der Waals surface area contributed by atoms with Gasteiger partial charge >= 0.3 is 5.97 Å². The maximum atomic E-state index is 11.1. The molecule has 0 aromatic heterocycles. The minimum Gasteiger partial charge on any atom is -0.496 e. The second-order valence-corrected chi connectivity index (χ2v) is 4.95. The van der Waals surface area contributed by atoms with E-state index in [9.17, 15) is 4.79 Å². The SMILES string of the molecule is CCc1cc(NCC(C(=O)O)C(C)C)ccc1OC. The highest BCUT2D eigenvalue weighted by atomic mass is 16.5. The van der Waals surface area contributed by atoms with Crippen LogP contribution >= 0.6 is 0 Å². The second kappa shape index (κ2) is 7.02. The Bertz CT molecular complexity index is 429. The molecule has 19 heavy (non-hydrogen) atoms. The molecule has 1 rings (SSSR count). The van der Waals surface area contributed by atoms with E-state index in [1.54, 1.807) is 7.11 Å². The molecule has 0 saturated carbocycles. The number of hydrogen-bond acceptors (Lipinski definition) is 3. The molecule has 4 heteroatoms. The van der Waals surface area contributed by atoms with E-state index >= 15 is 0 Å². The molecule has 0 spiro atoms. The van der Waals surface area contributed by atoms with Crippen LogP contribution in [-0.4, -0.2) is 24.7 Å². The van der Waals surface area contributed by atoms with Crippen molar-refractivity contribution in [1.29, 1.82) is 0 Å². The lowest BCUT2D eigenvalue weighted by Crippen LogP contribution is -2.27. The molecule has 0 saturated heterocycles. The van der Waals surface area contributed by atoms with E-state index in [4.69, 9.17) is 9.84 Å². The van der Waals surface area contributed by atoms with E-state index in [1.807, 2.05) is 32.0 Å². The third-order valence-corrected chi connectivity index (χ3v) is 3.31. The number of rotatable bonds is 7. The van der Waals surface area contributed by atoms with Gasteiger partial charge in [-0.15, -0.1) is 0 Å². The summed E-state index contributed by atoms with van der Waals surface area (Å²) in [5.74, 6) is -0.167. The Kier molecular flexibility index (Phi) is 5.67. The molecule has 2 N–H and O–H groups in total. The molecule has 0 aliphatic rings. The molecule has 0 radical (unpaired) electrons. The van der Waals surface area contributed by atoms with Gasteiger partial charge < -0.3 is 15.2 Å². The van der Waals surface area contributed by atoms with Gasteiger partial charge in [0.2, 0.25) is 0 Å². The fraction of sp³-hybridized carbons (Fsp3) is 0.533. The van der Waals surface area contributed by atoms with Gasteiger partial charge in [-0.2, -0.15) is 0 Å². The Hall–Kier alpha value is -1.71. The standard InChI is InChI=1S/C15H23NO3/c1-5-11-8-12(6-7-14(11)19-4)16-9-13(10(2)3)15(17)18/h6-8,10,13,16H,5,9H2,1-4H3,(H,17,18). The van der Waals surface area contributed by atoms with Gasteiger partial charge in [0.25, 0.3) is 0 Å². The Morgan fingerprint density at radius 3 is 2.58 bits per heavy atom. The third-order valence-electron chi connectivity index (χ3n) is 3.31. The lowest BCUT2D eigenvalue weighted by atomic mass is 9.96. The number of nitrogens with one attached hydrogen (secondary N) is 1. The normalized spacial score (nSPS) is 12.3. The molecule has 0 heterocycles. The number of carbonyl (C=O) groups is 1. The number of hydrogen-bond donors (Lipinski definition) is 2. The van der Waals surface area contributed by atoms with Crippen LogP contribution in [0.2, 0.25) is 0 Å². The van der Waals surface area contributed by atoms with Crippen molar-refractivity contribution < 1.29 is 14.6 Å². The number of carboxylic acid groups (broad SMARTS) is 1. The molecule has 4 nitrogen and oxygen atoms in total. The summed E-state index contributed by atoms with van der Waals surface area (Å²) in [5, 5.41) is 12.3. The first-order valence-electron chi connectivity index (χ1n) is 6.63. The quantitative estimate of drug-likeness (QED) is 0.795. The molecule has 0 aliphatic heterocycles. The number of ether oxygens (including phenoxy) is 1. The summed E-state index contributed by atoms with van der Waals surface area (Å²) in [5.41, 5.74) is 2.05. The maximum absolute atomic E-state index is 11.1. The van der Waals surface area contributed by atoms with Gasteiger partial charge in [0, 0.05) is 12.2 Å². The van der Waals surface area contributed by atoms with Crippen molar-refractivity contribution in [3.63, 3.8) is 0 Å². The highest BCUT2D eigenvalue weighted by Gasteiger charge is 2.20. The largest absolute Gasteiger partial charge is 0.496 e. The summed E-state index contributed by atoms with van der Waals surface area (Å²) >= 11 is 0. The van der Waals surface area contributed by atoms with Gasteiger partial charge in [-0.05, 0) is 36.1 Å². The summed E-state index contributed by atoms with van der Waals surface area (Å²) < 4.78 is 5.27. The molecule has 1 unspecified atom stereocenters. The zero-order valence-electron chi connectivity index (χ0n) is 12.1. The van der Waals surface area contributed by atoms with Crippen LogP contribution in [0.3, 0.4) is 0 Å². The number of benzene rings is 1. The van der Waals surface area contributed by atoms with Crippen molar-refractivity contribution in [1.82, 2.24) is 0 Å². The third kappa shape index (κ3) is 4.16. The van der Waals surface area contributed by atoms with Gasteiger partial charge in [0.1, 0.15) is 5.75 Å². The maximum Gasteiger partial charge on any atom is 0.308 e. The molecule has 1 atom stereocenters. The Morgan fingerprint density at radius 2 is 2.11 bits per heavy atom. The van der Waals surface area contributed by atoms with Crippen LogP contribution in [0.15, 0.2) is 18.2 Å². The van der Waals surface area contributed by atoms with Gasteiger partial charge in [-0.1, -0.05) is 20.8 Å². The molecule has 0 bridgehead atoms. The number of methoxy groups -OCH3 is 1. The first kappa shape index (κ1) is 15.3. The number of carboxylic acids is 1. The van der Waals surface area contributed by atoms with E-state index in [1.165, 1.54) is 0 Å². The van der Waals surface area contributed by atoms with Crippen LogP contribution in [-0.2, 0) is 11.2 Å². The van der Waals surface area contributed by atoms with Crippen LogP contribution in [0, 0.1) is 11.8 Å².